The topological polar surface area (TPSA) is 25.2 Å². The van der Waals surface area contributed by atoms with Gasteiger partial charge in [0, 0.05) is 5.02 Å². The highest BCUT2D eigenvalue weighted by Gasteiger charge is 2.17. The first-order valence-electron chi connectivity index (χ1n) is 6.54. The number of halogens is 2. The third-order valence-corrected chi connectivity index (χ3v) is 3.74. The number of hydrogen-bond acceptors (Lipinski definition) is 2. The van der Waals surface area contributed by atoms with E-state index in [1.54, 1.807) is 18.4 Å². The highest BCUT2D eigenvalue weighted by Crippen LogP contribution is 2.32. The van der Waals surface area contributed by atoms with Gasteiger partial charge in [0.25, 0.3) is 0 Å². The Balaban J connectivity index is 1.97. The van der Waals surface area contributed by atoms with Crippen molar-refractivity contribution in [2.24, 2.45) is 0 Å². The lowest BCUT2D eigenvalue weighted by Crippen LogP contribution is -2.11. The first-order chi connectivity index (χ1) is 10.2. The number of anilines is 1. The zero-order chi connectivity index (χ0) is 14.7. The largest absolute Gasteiger partial charge is 0.467 e. The molecule has 1 atom stereocenters. The van der Waals surface area contributed by atoms with Crippen molar-refractivity contribution in [2.45, 2.75) is 6.04 Å². The van der Waals surface area contributed by atoms with E-state index in [9.17, 15) is 0 Å². The van der Waals surface area contributed by atoms with Crippen LogP contribution >= 0.6 is 23.2 Å². The summed E-state index contributed by atoms with van der Waals surface area (Å²) in [5, 5.41) is 4.60. The van der Waals surface area contributed by atoms with Crippen LogP contribution in [0.1, 0.15) is 17.4 Å². The van der Waals surface area contributed by atoms with Crippen LogP contribution in [0.5, 0.6) is 0 Å². The second kappa shape index (κ2) is 6.25. The van der Waals surface area contributed by atoms with Crippen molar-refractivity contribution in [3.63, 3.8) is 0 Å². The Labute approximate surface area is 133 Å². The predicted molar refractivity (Wildman–Crippen MR) is 87.1 cm³/mol. The fourth-order valence-corrected chi connectivity index (χ4v) is 2.64. The Bertz CT molecular complexity index is 711. The van der Waals surface area contributed by atoms with Gasteiger partial charge in [-0.2, -0.15) is 0 Å². The molecule has 0 aliphatic heterocycles. The van der Waals surface area contributed by atoms with E-state index in [1.165, 1.54) is 0 Å². The van der Waals surface area contributed by atoms with E-state index in [2.05, 4.69) is 5.32 Å². The van der Waals surface area contributed by atoms with Crippen LogP contribution in [0.25, 0.3) is 0 Å². The second-order valence-corrected chi connectivity index (χ2v) is 5.47. The molecule has 0 aliphatic rings. The number of furan rings is 1. The van der Waals surface area contributed by atoms with Gasteiger partial charge in [-0.1, -0.05) is 53.5 Å². The van der Waals surface area contributed by atoms with Crippen LogP contribution in [0, 0.1) is 0 Å². The Morgan fingerprint density at radius 1 is 0.905 bits per heavy atom. The summed E-state index contributed by atoms with van der Waals surface area (Å²) in [7, 11) is 0. The van der Waals surface area contributed by atoms with Crippen molar-refractivity contribution < 1.29 is 4.42 Å². The molecule has 2 nitrogen and oxygen atoms in total. The summed E-state index contributed by atoms with van der Waals surface area (Å²) in [6.45, 7) is 0. The van der Waals surface area contributed by atoms with Crippen LogP contribution in [-0.4, -0.2) is 0 Å². The minimum absolute atomic E-state index is 0.111. The van der Waals surface area contributed by atoms with Gasteiger partial charge >= 0.3 is 0 Å². The lowest BCUT2D eigenvalue weighted by molar-refractivity contribution is 0.499. The summed E-state index contributed by atoms with van der Waals surface area (Å²) in [5.41, 5.74) is 1.91. The third-order valence-electron chi connectivity index (χ3n) is 3.19. The van der Waals surface area contributed by atoms with Gasteiger partial charge in [0.15, 0.2) is 0 Å². The number of hydrogen-bond donors (Lipinski definition) is 1. The Hall–Kier alpha value is -1.90. The normalized spacial score (nSPS) is 12.1. The monoisotopic (exact) mass is 317 g/mol. The molecule has 0 amide bonds. The number of nitrogens with one attached hydrogen (secondary N) is 1. The molecular formula is C17H13Cl2NO. The maximum Gasteiger partial charge on any atom is 0.130 e. The third kappa shape index (κ3) is 3.23. The van der Waals surface area contributed by atoms with Crippen LogP contribution in [0.3, 0.4) is 0 Å². The molecule has 3 rings (SSSR count). The van der Waals surface area contributed by atoms with Crippen molar-refractivity contribution in [1.82, 2.24) is 0 Å². The van der Waals surface area contributed by atoms with Crippen LogP contribution in [-0.2, 0) is 0 Å². The van der Waals surface area contributed by atoms with Crippen molar-refractivity contribution in [1.29, 1.82) is 0 Å². The first kappa shape index (κ1) is 14.1. The number of rotatable bonds is 4. The summed E-state index contributed by atoms with van der Waals surface area (Å²) in [5.74, 6) is 0.826. The van der Waals surface area contributed by atoms with Crippen molar-refractivity contribution in [2.75, 3.05) is 5.32 Å². The van der Waals surface area contributed by atoms with E-state index in [0.29, 0.717) is 10.0 Å². The molecule has 106 valence electrons. The van der Waals surface area contributed by atoms with Crippen molar-refractivity contribution in [3.05, 3.63) is 88.3 Å². The molecule has 1 aromatic heterocycles. The summed E-state index contributed by atoms with van der Waals surface area (Å²) in [6.07, 6.45) is 1.66. The van der Waals surface area contributed by atoms with E-state index in [1.807, 2.05) is 48.5 Å². The van der Waals surface area contributed by atoms with Gasteiger partial charge in [-0.25, -0.2) is 0 Å². The van der Waals surface area contributed by atoms with Crippen LogP contribution < -0.4 is 5.32 Å². The molecule has 1 N–H and O–H groups in total. The lowest BCUT2D eigenvalue weighted by Gasteiger charge is -2.19. The van der Waals surface area contributed by atoms with Gasteiger partial charge in [-0.15, -0.1) is 0 Å². The van der Waals surface area contributed by atoms with Crippen molar-refractivity contribution in [3.8, 4) is 0 Å². The van der Waals surface area contributed by atoms with Gasteiger partial charge in [0.2, 0.25) is 0 Å². The molecule has 0 fully saturated rings. The minimum Gasteiger partial charge on any atom is -0.467 e. The summed E-state index contributed by atoms with van der Waals surface area (Å²) < 4.78 is 5.55. The van der Waals surface area contributed by atoms with Crippen LogP contribution in [0.15, 0.2) is 71.3 Å². The van der Waals surface area contributed by atoms with Gasteiger partial charge in [0.05, 0.1) is 17.0 Å². The van der Waals surface area contributed by atoms with Crippen molar-refractivity contribution >= 4 is 28.9 Å². The molecule has 0 aliphatic carbocycles. The molecule has 1 heterocycles. The molecule has 0 saturated heterocycles. The van der Waals surface area contributed by atoms with E-state index in [0.717, 1.165) is 17.0 Å². The van der Waals surface area contributed by atoms with Crippen LogP contribution in [0.4, 0.5) is 5.69 Å². The fourth-order valence-electron chi connectivity index (χ4n) is 2.18. The van der Waals surface area contributed by atoms with Crippen LogP contribution in [0.2, 0.25) is 10.0 Å². The summed E-state index contributed by atoms with van der Waals surface area (Å²) in [6, 6.07) is 19.2. The average Bonchev–Trinajstić information content (AvgIpc) is 3.01. The van der Waals surface area contributed by atoms with E-state index < -0.39 is 0 Å². The first-order valence-corrected chi connectivity index (χ1v) is 7.29. The molecule has 3 aromatic rings. The molecule has 2 aromatic carbocycles. The summed E-state index contributed by atoms with van der Waals surface area (Å²) >= 11 is 12.2. The lowest BCUT2D eigenvalue weighted by atomic mass is 10.0. The highest BCUT2D eigenvalue weighted by molar-refractivity contribution is 6.36. The Kier molecular flexibility index (Phi) is 4.18. The van der Waals surface area contributed by atoms with Gasteiger partial charge in [-0.05, 0) is 35.9 Å². The molecule has 0 bridgehead atoms. The molecule has 21 heavy (non-hydrogen) atoms. The molecule has 4 heteroatoms. The standard InChI is InChI=1S/C17H13Cl2NO/c18-13-8-9-15(14(19)11-13)20-17(16-7-4-10-21-16)12-5-2-1-3-6-12/h1-11,17,20H. The molecule has 1 unspecified atom stereocenters. The molecule has 0 spiro atoms. The molecule has 0 radical (unpaired) electrons. The van der Waals surface area contributed by atoms with E-state index in [4.69, 9.17) is 27.6 Å². The Morgan fingerprint density at radius 2 is 1.71 bits per heavy atom. The number of benzene rings is 2. The molecular weight excluding hydrogens is 305 g/mol. The average molecular weight is 318 g/mol. The minimum atomic E-state index is -0.111. The smallest absolute Gasteiger partial charge is 0.130 e. The summed E-state index contributed by atoms with van der Waals surface area (Å²) in [4.78, 5) is 0. The fraction of sp³-hybridized carbons (Fsp3) is 0.0588. The SMILES string of the molecule is Clc1ccc(NC(c2ccccc2)c2ccco2)c(Cl)c1. The van der Waals surface area contributed by atoms with E-state index >= 15 is 0 Å². The quantitative estimate of drug-likeness (QED) is 0.659. The maximum absolute atomic E-state index is 6.24. The van der Waals surface area contributed by atoms with Gasteiger partial charge in [-0.3, -0.25) is 0 Å². The maximum atomic E-state index is 6.24. The van der Waals surface area contributed by atoms with E-state index in [-0.39, 0.29) is 6.04 Å². The van der Waals surface area contributed by atoms with Gasteiger partial charge < -0.3 is 9.73 Å². The Morgan fingerprint density at radius 3 is 2.38 bits per heavy atom. The van der Waals surface area contributed by atoms with Gasteiger partial charge in [0.1, 0.15) is 11.8 Å². The zero-order valence-electron chi connectivity index (χ0n) is 11.1. The predicted octanol–water partition coefficient (Wildman–Crippen LogP) is 5.79. The second-order valence-electron chi connectivity index (χ2n) is 4.63. The molecule has 0 saturated carbocycles. The highest BCUT2D eigenvalue weighted by atomic mass is 35.5. The zero-order valence-corrected chi connectivity index (χ0v) is 12.6.